The first-order chi connectivity index (χ1) is 10.2. The number of imidazole rings is 1. The molecular weight excluding hydrogens is 313 g/mol. The first-order valence-corrected chi connectivity index (χ1v) is 7.08. The van der Waals surface area contributed by atoms with Gasteiger partial charge in [-0.1, -0.05) is 23.2 Å². The fourth-order valence-corrected chi connectivity index (χ4v) is 2.51. The highest BCUT2D eigenvalue weighted by Crippen LogP contribution is 2.34. The number of fused-ring (bicyclic) bond motifs is 2. The molecule has 0 spiro atoms. The third-order valence-electron chi connectivity index (χ3n) is 3.20. The lowest BCUT2D eigenvalue weighted by molar-refractivity contribution is 0.171. The van der Waals surface area contributed by atoms with Crippen molar-refractivity contribution in [2.24, 2.45) is 0 Å². The highest BCUT2D eigenvalue weighted by molar-refractivity contribution is 6.41. The van der Waals surface area contributed by atoms with Gasteiger partial charge in [0.15, 0.2) is 17.1 Å². The average Bonchev–Trinajstić information content (AvgIpc) is 2.90. The highest BCUT2D eigenvalue weighted by atomic mass is 35.5. The quantitative estimate of drug-likeness (QED) is 0.694. The van der Waals surface area contributed by atoms with E-state index in [1.807, 2.05) is 18.2 Å². The molecule has 1 aromatic carbocycles. The Labute approximate surface area is 129 Å². The van der Waals surface area contributed by atoms with Gasteiger partial charge in [0.05, 0.1) is 10.5 Å². The summed E-state index contributed by atoms with van der Waals surface area (Å²) < 4.78 is 11.1. The molecule has 0 amide bonds. The van der Waals surface area contributed by atoms with E-state index < -0.39 is 0 Å². The molecule has 7 heteroatoms. The van der Waals surface area contributed by atoms with Crippen LogP contribution in [0.5, 0.6) is 11.5 Å². The van der Waals surface area contributed by atoms with Crippen LogP contribution in [0.1, 0.15) is 0 Å². The first-order valence-electron chi connectivity index (χ1n) is 6.32. The number of nitrogens with one attached hydrogen (secondary N) is 1. The van der Waals surface area contributed by atoms with E-state index in [1.165, 1.54) is 0 Å². The van der Waals surface area contributed by atoms with Gasteiger partial charge >= 0.3 is 0 Å². The topological polar surface area (TPSA) is 60.0 Å². The van der Waals surface area contributed by atoms with Gasteiger partial charge in [0.25, 0.3) is 0 Å². The highest BCUT2D eigenvalue weighted by Gasteiger charge is 2.15. The molecule has 1 aliphatic heterocycles. The Bertz CT molecular complexity index is 809. The van der Waals surface area contributed by atoms with Crippen molar-refractivity contribution in [2.75, 3.05) is 13.2 Å². The number of ether oxygens (including phenoxy) is 2. The summed E-state index contributed by atoms with van der Waals surface area (Å²) in [5.74, 6) is 2.13. The number of benzene rings is 1. The summed E-state index contributed by atoms with van der Waals surface area (Å²) in [5.41, 5.74) is 2.13. The van der Waals surface area contributed by atoms with Gasteiger partial charge in [-0.3, -0.25) is 0 Å². The Morgan fingerprint density at radius 3 is 2.67 bits per heavy atom. The molecule has 0 radical (unpaired) electrons. The van der Waals surface area contributed by atoms with Crippen molar-refractivity contribution < 1.29 is 9.47 Å². The number of rotatable bonds is 1. The minimum atomic E-state index is 0.240. The molecule has 5 nitrogen and oxygen atoms in total. The van der Waals surface area contributed by atoms with Crippen molar-refractivity contribution in [2.45, 2.75) is 0 Å². The van der Waals surface area contributed by atoms with E-state index in [0.29, 0.717) is 35.5 Å². The Morgan fingerprint density at radius 2 is 1.81 bits per heavy atom. The molecule has 0 saturated carbocycles. The maximum atomic E-state index is 5.96. The number of hydrogen-bond acceptors (Lipinski definition) is 4. The number of halogens is 2. The van der Waals surface area contributed by atoms with Gasteiger partial charge in [-0.2, -0.15) is 0 Å². The summed E-state index contributed by atoms with van der Waals surface area (Å²) in [6, 6.07) is 7.37. The van der Waals surface area contributed by atoms with Crippen molar-refractivity contribution in [3.8, 4) is 22.9 Å². The molecule has 3 aromatic rings. The number of aromatic nitrogens is 3. The van der Waals surface area contributed by atoms with Gasteiger partial charge in [0, 0.05) is 5.56 Å². The molecule has 0 unspecified atom stereocenters. The molecule has 21 heavy (non-hydrogen) atoms. The maximum absolute atomic E-state index is 5.96. The van der Waals surface area contributed by atoms with Gasteiger partial charge in [0.2, 0.25) is 0 Å². The summed E-state index contributed by atoms with van der Waals surface area (Å²) in [6.45, 7) is 1.11. The second-order valence-electron chi connectivity index (χ2n) is 4.58. The SMILES string of the molecule is Clc1cc2[nH]c(-c3ccc4c(c3)OCCO4)nc2nc1Cl. The standard InChI is InChI=1S/C14H9Cl2N3O2/c15-8-6-9-14(18-12(8)16)19-13(17-9)7-1-2-10-11(5-7)21-4-3-20-10/h1-2,5-6H,3-4H2,(H,17,18,19). The minimum absolute atomic E-state index is 0.240. The van der Waals surface area contributed by atoms with E-state index in [9.17, 15) is 0 Å². The summed E-state index contributed by atoms with van der Waals surface area (Å²) in [5, 5.41) is 0.630. The van der Waals surface area contributed by atoms with Crippen LogP contribution in [-0.2, 0) is 0 Å². The molecule has 3 heterocycles. The Morgan fingerprint density at radius 1 is 1.00 bits per heavy atom. The van der Waals surface area contributed by atoms with E-state index in [4.69, 9.17) is 32.7 Å². The molecule has 0 atom stereocenters. The van der Waals surface area contributed by atoms with Gasteiger partial charge in [-0.25, -0.2) is 9.97 Å². The second-order valence-corrected chi connectivity index (χ2v) is 5.34. The summed E-state index contributed by atoms with van der Waals surface area (Å²) in [7, 11) is 0. The lowest BCUT2D eigenvalue weighted by atomic mass is 10.2. The van der Waals surface area contributed by atoms with Crippen LogP contribution in [0.3, 0.4) is 0 Å². The van der Waals surface area contributed by atoms with Crippen LogP contribution < -0.4 is 9.47 Å². The number of pyridine rings is 1. The first kappa shape index (κ1) is 12.7. The van der Waals surface area contributed by atoms with E-state index in [-0.39, 0.29) is 5.15 Å². The molecule has 1 N–H and O–H groups in total. The summed E-state index contributed by atoms with van der Waals surface area (Å²) in [4.78, 5) is 11.7. The van der Waals surface area contributed by atoms with Crippen molar-refractivity contribution in [1.82, 2.24) is 15.0 Å². The average molecular weight is 322 g/mol. The number of aromatic amines is 1. The van der Waals surface area contributed by atoms with Crippen molar-refractivity contribution in [3.05, 3.63) is 34.4 Å². The molecule has 0 fully saturated rings. The Kier molecular flexibility index (Phi) is 2.90. The lowest BCUT2D eigenvalue weighted by Crippen LogP contribution is -2.15. The van der Waals surface area contributed by atoms with Crippen molar-refractivity contribution in [3.63, 3.8) is 0 Å². The minimum Gasteiger partial charge on any atom is -0.486 e. The molecule has 2 aromatic heterocycles. The van der Waals surface area contributed by atoms with Gasteiger partial charge in [0.1, 0.15) is 24.2 Å². The lowest BCUT2D eigenvalue weighted by Gasteiger charge is -2.18. The fraction of sp³-hybridized carbons (Fsp3) is 0.143. The number of H-pyrrole nitrogens is 1. The smallest absolute Gasteiger partial charge is 0.179 e. The number of nitrogens with zero attached hydrogens (tertiary/aromatic N) is 2. The molecular formula is C14H9Cl2N3O2. The molecule has 0 bridgehead atoms. The predicted octanol–water partition coefficient (Wildman–Crippen LogP) is 3.70. The van der Waals surface area contributed by atoms with Crippen LogP contribution in [0.15, 0.2) is 24.3 Å². The molecule has 4 rings (SSSR count). The van der Waals surface area contributed by atoms with Crippen LogP contribution in [0, 0.1) is 0 Å². The van der Waals surface area contributed by atoms with Gasteiger partial charge in [-0.15, -0.1) is 0 Å². The zero-order chi connectivity index (χ0) is 14.4. The molecule has 0 aliphatic carbocycles. The number of hydrogen-bond donors (Lipinski definition) is 1. The molecule has 106 valence electrons. The van der Waals surface area contributed by atoms with Crippen molar-refractivity contribution in [1.29, 1.82) is 0 Å². The molecule has 1 aliphatic rings. The third-order valence-corrected chi connectivity index (χ3v) is 3.87. The van der Waals surface area contributed by atoms with Crippen LogP contribution >= 0.6 is 23.2 Å². The second kappa shape index (κ2) is 4.79. The Balaban J connectivity index is 1.82. The maximum Gasteiger partial charge on any atom is 0.179 e. The summed E-state index contributed by atoms with van der Waals surface area (Å²) >= 11 is 11.9. The predicted molar refractivity (Wildman–Crippen MR) is 80.3 cm³/mol. The van der Waals surface area contributed by atoms with E-state index in [2.05, 4.69) is 15.0 Å². The molecule has 0 saturated heterocycles. The fourth-order valence-electron chi connectivity index (χ4n) is 2.22. The van der Waals surface area contributed by atoms with E-state index in [1.54, 1.807) is 6.07 Å². The normalized spacial score (nSPS) is 13.6. The van der Waals surface area contributed by atoms with Crippen LogP contribution in [0.2, 0.25) is 10.2 Å². The van der Waals surface area contributed by atoms with Gasteiger partial charge in [-0.05, 0) is 24.3 Å². The van der Waals surface area contributed by atoms with E-state index in [0.717, 1.165) is 16.8 Å². The zero-order valence-electron chi connectivity index (χ0n) is 10.7. The Hall–Kier alpha value is -1.98. The van der Waals surface area contributed by atoms with Crippen LogP contribution in [0.25, 0.3) is 22.6 Å². The third kappa shape index (κ3) is 2.18. The van der Waals surface area contributed by atoms with Crippen molar-refractivity contribution >= 4 is 34.4 Å². The monoisotopic (exact) mass is 321 g/mol. The summed E-state index contributed by atoms with van der Waals surface area (Å²) in [6.07, 6.45) is 0. The van der Waals surface area contributed by atoms with Crippen LogP contribution in [-0.4, -0.2) is 28.2 Å². The van der Waals surface area contributed by atoms with Crippen LogP contribution in [0.4, 0.5) is 0 Å². The largest absolute Gasteiger partial charge is 0.486 e. The zero-order valence-corrected chi connectivity index (χ0v) is 12.2. The van der Waals surface area contributed by atoms with E-state index >= 15 is 0 Å². The van der Waals surface area contributed by atoms with Gasteiger partial charge < -0.3 is 14.5 Å².